The Hall–Kier alpha value is -2.61. The van der Waals surface area contributed by atoms with Crippen LogP contribution in [0.3, 0.4) is 0 Å². The van der Waals surface area contributed by atoms with Crippen molar-refractivity contribution in [3.63, 3.8) is 0 Å². The first-order valence-electron chi connectivity index (χ1n) is 7.74. The predicted octanol–water partition coefficient (Wildman–Crippen LogP) is 2.49. The van der Waals surface area contributed by atoms with Crippen molar-refractivity contribution in [1.29, 1.82) is 0 Å². The number of ether oxygens (including phenoxy) is 3. The topological polar surface area (TPSA) is 75.5 Å². The lowest BCUT2D eigenvalue weighted by Gasteiger charge is -2.14. The minimum Gasteiger partial charge on any atom is -0.493 e. The fourth-order valence-corrected chi connectivity index (χ4v) is 3.48. The highest BCUT2D eigenvalue weighted by atomic mass is 32.1. The van der Waals surface area contributed by atoms with Crippen LogP contribution in [0, 0.1) is 0 Å². The molecule has 2 aromatic heterocycles. The largest absolute Gasteiger partial charge is 0.493 e. The summed E-state index contributed by atoms with van der Waals surface area (Å²) in [6, 6.07) is 1.63. The molecule has 0 fully saturated rings. The molecule has 25 heavy (non-hydrogen) atoms. The number of fused-ring (bicyclic) bond motifs is 1. The molecule has 0 atom stereocenters. The number of hydrogen-bond acceptors (Lipinski definition) is 7. The van der Waals surface area contributed by atoms with Crippen molar-refractivity contribution >= 4 is 22.2 Å². The van der Waals surface area contributed by atoms with E-state index in [4.69, 9.17) is 14.2 Å². The molecule has 3 aromatic rings. The third-order valence-electron chi connectivity index (χ3n) is 3.89. The first kappa shape index (κ1) is 17.2. The smallest absolute Gasteiger partial charge is 0.261 e. The van der Waals surface area contributed by atoms with Gasteiger partial charge >= 0.3 is 0 Å². The van der Waals surface area contributed by atoms with Crippen molar-refractivity contribution in [2.75, 3.05) is 21.3 Å². The van der Waals surface area contributed by atoms with Crippen LogP contribution >= 0.6 is 11.3 Å². The highest BCUT2D eigenvalue weighted by molar-refractivity contribution is 7.09. The molecule has 0 bridgehead atoms. The monoisotopic (exact) mass is 361 g/mol. The van der Waals surface area contributed by atoms with Crippen molar-refractivity contribution in [2.24, 2.45) is 0 Å². The number of rotatable bonds is 6. The van der Waals surface area contributed by atoms with Gasteiger partial charge in [-0.15, -0.1) is 11.3 Å². The van der Waals surface area contributed by atoms with Crippen molar-refractivity contribution < 1.29 is 14.2 Å². The molecule has 0 N–H and O–H groups in total. The van der Waals surface area contributed by atoms with Crippen LogP contribution in [0.15, 0.2) is 22.6 Å². The number of aryl methyl sites for hydroxylation is 1. The molecule has 7 nitrogen and oxygen atoms in total. The first-order valence-corrected chi connectivity index (χ1v) is 8.62. The molecule has 0 amide bonds. The van der Waals surface area contributed by atoms with Gasteiger partial charge in [-0.25, -0.2) is 9.97 Å². The standard InChI is InChI=1S/C17H19N3O4S/c1-5-10-8-25-13(19-10)7-20-9-18-14-11(17(20)21)6-12(22-2)15(23-3)16(14)24-4/h6,8-9H,5,7H2,1-4H3. The molecule has 0 spiro atoms. The number of nitrogens with zero attached hydrogens (tertiary/aromatic N) is 3. The van der Waals surface area contributed by atoms with Crippen LogP contribution in [0.2, 0.25) is 0 Å². The van der Waals surface area contributed by atoms with Gasteiger partial charge in [0, 0.05) is 5.38 Å². The summed E-state index contributed by atoms with van der Waals surface area (Å²) in [5, 5.41) is 3.28. The minimum atomic E-state index is -0.183. The van der Waals surface area contributed by atoms with Crippen molar-refractivity contribution in [2.45, 2.75) is 19.9 Å². The Morgan fingerprint density at radius 1 is 1.16 bits per heavy atom. The van der Waals surface area contributed by atoms with Crippen molar-refractivity contribution in [3.05, 3.63) is 38.8 Å². The zero-order valence-corrected chi connectivity index (χ0v) is 15.3. The molecule has 0 aliphatic heterocycles. The van der Waals surface area contributed by atoms with Crippen LogP contribution < -0.4 is 19.8 Å². The normalized spacial score (nSPS) is 10.9. The quantitative estimate of drug-likeness (QED) is 0.671. The predicted molar refractivity (Wildman–Crippen MR) is 96.3 cm³/mol. The van der Waals surface area contributed by atoms with E-state index in [9.17, 15) is 4.79 Å². The summed E-state index contributed by atoms with van der Waals surface area (Å²) in [4.78, 5) is 21.8. The Labute approximate surface area is 148 Å². The van der Waals surface area contributed by atoms with Gasteiger partial charge in [0.25, 0.3) is 5.56 Å². The number of aromatic nitrogens is 3. The summed E-state index contributed by atoms with van der Waals surface area (Å²) in [6.45, 7) is 2.43. The van der Waals surface area contributed by atoms with Gasteiger partial charge < -0.3 is 14.2 Å². The Morgan fingerprint density at radius 2 is 1.92 bits per heavy atom. The van der Waals surface area contributed by atoms with Crippen LogP contribution in [-0.4, -0.2) is 35.9 Å². The summed E-state index contributed by atoms with van der Waals surface area (Å²) in [5.74, 6) is 1.21. The van der Waals surface area contributed by atoms with E-state index in [1.54, 1.807) is 6.07 Å². The van der Waals surface area contributed by atoms with E-state index >= 15 is 0 Å². The average molecular weight is 361 g/mol. The zero-order chi connectivity index (χ0) is 18.0. The number of hydrogen-bond donors (Lipinski definition) is 0. The summed E-state index contributed by atoms with van der Waals surface area (Å²) in [6.07, 6.45) is 2.38. The second-order valence-corrected chi connectivity index (χ2v) is 6.25. The van der Waals surface area contributed by atoms with Crippen LogP contribution in [-0.2, 0) is 13.0 Å². The number of thiazole rings is 1. The van der Waals surface area contributed by atoms with E-state index in [0.29, 0.717) is 34.7 Å². The Kier molecular flexibility index (Phi) is 4.89. The van der Waals surface area contributed by atoms with Gasteiger partial charge in [0.2, 0.25) is 5.75 Å². The van der Waals surface area contributed by atoms with E-state index in [2.05, 4.69) is 16.9 Å². The van der Waals surface area contributed by atoms with Gasteiger partial charge in [-0.1, -0.05) is 6.92 Å². The van der Waals surface area contributed by atoms with E-state index in [-0.39, 0.29) is 5.56 Å². The first-order chi connectivity index (χ1) is 12.1. The Morgan fingerprint density at radius 3 is 2.52 bits per heavy atom. The molecular weight excluding hydrogens is 342 g/mol. The second kappa shape index (κ2) is 7.10. The van der Waals surface area contributed by atoms with Gasteiger partial charge in [0.05, 0.1) is 45.3 Å². The number of methoxy groups -OCH3 is 3. The van der Waals surface area contributed by atoms with Gasteiger partial charge in [-0.2, -0.15) is 0 Å². The number of benzene rings is 1. The Balaban J connectivity index is 2.14. The summed E-state index contributed by atoms with van der Waals surface area (Å²) < 4.78 is 17.6. The Bertz CT molecular complexity index is 964. The summed E-state index contributed by atoms with van der Waals surface area (Å²) >= 11 is 1.54. The van der Waals surface area contributed by atoms with Crippen LogP contribution in [0.25, 0.3) is 10.9 Å². The lowest BCUT2D eigenvalue weighted by Crippen LogP contribution is -2.21. The fourth-order valence-electron chi connectivity index (χ4n) is 2.61. The molecule has 0 radical (unpaired) electrons. The van der Waals surface area contributed by atoms with Crippen molar-refractivity contribution in [1.82, 2.24) is 14.5 Å². The molecule has 1 aromatic carbocycles. The molecule has 8 heteroatoms. The maximum Gasteiger partial charge on any atom is 0.261 e. The fraction of sp³-hybridized carbons (Fsp3) is 0.353. The van der Waals surface area contributed by atoms with E-state index < -0.39 is 0 Å². The highest BCUT2D eigenvalue weighted by Gasteiger charge is 2.19. The zero-order valence-electron chi connectivity index (χ0n) is 14.5. The van der Waals surface area contributed by atoms with Crippen LogP contribution in [0.5, 0.6) is 17.2 Å². The average Bonchev–Trinajstić information content (AvgIpc) is 3.10. The summed E-state index contributed by atoms with van der Waals surface area (Å²) in [5.41, 5.74) is 1.28. The van der Waals surface area contributed by atoms with E-state index in [1.165, 1.54) is 43.6 Å². The van der Waals surface area contributed by atoms with Gasteiger partial charge in [-0.05, 0) is 12.5 Å². The lowest BCUT2D eigenvalue weighted by molar-refractivity contribution is 0.326. The molecule has 0 aliphatic carbocycles. The maximum atomic E-state index is 12.9. The highest BCUT2D eigenvalue weighted by Crippen LogP contribution is 2.41. The molecule has 0 aliphatic rings. The molecule has 0 saturated carbocycles. The van der Waals surface area contributed by atoms with Gasteiger partial charge in [-0.3, -0.25) is 9.36 Å². The minimum absolute atomic E-state index is 0.183. The third-order valence-corrected chi connectivity index (χ3v) is 4.77. The summed E-state index contributed by atoms with van der Waals surface area (Å²) in [7, 11) is 4.53. The van der Waals surface area contributed by atoms with Gasteiger partial charge in [0.1, 0.15) is 10.5 Å². The van der Waals surface area contributed by atoms with E-state index in [0.717, 1.165) is 17.1 Å². The third kappa shape index (κ3) is 3.05. The second-order valence-electron chi connectivity index (χ2n) is 5.31. The molecule has 132 valence electrons. The maximum absolute atomic E-state index is 12.9. The lowest BCUT2D eigenvalue weighted by atomic mass is 10.2. The molecule has 2 heterocycles. The molecular formula is C17H19N3O4S. The van der Waals surface area contributed by atoms with E-state index in [1.807, 2.05) is 5.38 Å². The van der Waals surface area contributed by atoms with Gasteiger partial charge in [0.15, 0.2) is 11.5 Å². The molecule has 0 saturated heterocycles. The van der Waals surface area contributed by atoms with Crippen LogP contribution in [0.1, 0.15) is 17.6 Å². The molecule has 0 unspecified atom stereocenters. The van der Waals surface area contributed by atoms with Crippen LogP contribution in [0.4, 0.5) is 0 Å². The molecule has 3 rings (SSSR count). The van der Waals surface area contributed by atoms with Crippen molar-refractivity contribution in [3.8, 4) is 17.2 Å². The SMILES string of the molecule is CCc1csc(Cn2cnc3c(OC)c(OC)c(OC)cc3c2=O)n1.